The van der Waals surface area contributed by atoms with Crippen molar-refractivity contribution in [3.05, 3.63) is 11.6 Å². The van der Waals surface area contributed by atoms with Crippen molar-refractivity contribution in [3.8, 4) is 0 Å². The normalized spacial score (nSPS) is 30.5. The Hall–Kier alpha value is -0.940. The molecule has 1 aromatic rings. The Morgan fingerprint density at radius 1 is 1.27 bits per heavy atom. The van der Waals surface area contributed by atoms with Gasteiger partial charge in [-0.3, -0.25) is 4.57 Å². The molecule has 5 nitrogen and oxygen atoms in total. The summed E-state index contributed by atoms with van der Waals surface area (Å²) in [5.41, 5.74) is 0. The third-order valence-corrected chi connectivity index (χ3v) is 3.17. The maximum atomic E-state index is 9.92. The van der Waals surface area contributed by atoms with Crippen molar-refractivity contribution < 1.29 is 9.84 Å². The zero-order chi connectivity index (χ0) is 10.3. The van der Waals surface area contributed by atoms with E-state index < -0.39 is 6.23 Å². The molecule has 82 valence electrons. The van der Waals surface area contributed by atoms with Gasteiger partial charge in [-0.25, -0.2) is 0 Å². The lowest BCUT2D eigenvalue weighted by atomic mass is 10.1. The molecule has 0 spiro atoms. The second-order valence-corrected chi connectivity index (χ2v) is 4.22. The Morgan fingerprint density at radius 2 is 2.20 bits per heavy atom. The van der Waals surface area contributed by atoms with Crippen molar-refractivity contribution in [1.29, 1.82) is 0 Å². The molecule has 3 rings (SSSR count). The number of nitrogens with zero attached hydrogens (tertiary/aromatic N) is 3. The molecule has 0 aliphatic carbocycles. The topological polar surface area (TPSA) is 60.2 Å². The highest BCUT2D eigenvalue weighted by Crippen LogP contribution is 2.32. The van der Waals surface area contributed by atoms with E-state index in [1.807, 2.05) is 4.57 Å². The molecule has 5 heteroatoms. The highest BCUT2D eigenvalue weighted by Gasteiger charge is 2.29. The van der Waals surface area contributed by atoms with Gasteiger partial charge in [0, 0.05) is 13.0 Å². The van der Waals surface area contributed by atoms with E-state index in [2.05, 4.69) is 10.2 Å². The van der Waals surface area contributed by atoms with Gasteiger partial charge in [0.1, 0.15) is 18.2 Å². The molecule has 2 aliphatic rings. The zero-order valence-electron chi connectivity index (χ0n) is 8.59. The van der Waals surface area contributed by atoms with Gasteiger partial charge in [0.25, 0.3) is 0 Å². The van der Waals surface area contributed by atoms with E-state index >= 15 is 0 Å². The third-order valence-electron chi connectivity index (χ3n) is 3.17. The molecule has 2 aliphatic heterocycles. The van der Waals surface area contributed by atoms with Crippen LogP contribution in [0.25, 0.3) is 0 Å². The number of fused-ring (bicyclic) bond motifs is 1. The number of ether oxygens (including phenoxy) is 1. The van der Waals surface area contributed by atoms with Gasteiger partial charge in [-0.2, -0.15) is 0 Å². The minimum absolute atomic E-state index is 0.0407. The monoisotopic (exact) mass is 209 g/mol. The number of aryl methyl sites for hydroxylation is 1. The van der Waals surface area contributed by atoms with E-state index in [1.54, 1.807) is 0 Å². The molecule has 1 saturated heterocycles. The number of hydrogen-bond donors (Lipinski definition) is 1. The first-order valence-corrected chi connectivity index (χ1v) is 5.59. The van der Waals surface area contributed by atoms with Gasteiger partial charge in [-0.05, 0) is 25.7 Å². The highest BCUT2D eigenvalue weighted by atomic mass is 16.5. The summed E-state index contributed by atoms with van der Waals surface area (Å²) in [6.07, 6.45) is 4.35. The lowest BCUT2D eigenvalue weighted by molar-refractivity contribution is 0.0526. The molecule has 0 saturated carbocycles. The average molecular weight is 209 g/mol. The van der Waals surface area contributed by atoms with Crippen LogP contribution in [0.3, 0.4) is 0 Å². The van der Waals surface area contributed by atoms with E-state index in [0.29, 0.717) is 0 Å². The van der Waals surface area contributed by atoms with Crippen molar-refractivity contribution in [2.45, 2.75) is 44.4 Å². The fourth-order valence-corrected chi connectivity index (χ4v) is 2.41. The predicted molar refractivity (Wildman–Crippen MR) is 52.1 cm³/mol. The number of rotatable bonds is 1. The molecule has 1 N–H and O–H groups in total. The first-order chi connectivity index (χ1) is 7.36. The number of aliphatic hydroxyl groups is 1. The molecule has 15 heavy (non-hydrogen) atoms. The van der Waals surface area contributed by atoms with E-state index in [1.165, 1.54) is 0 Å². The van der Waals surface area contributed by atoms with Crippen LogP contribution in [-0.2, 0) is 11.2 Å². The van der Waals surface area contributed by atoms with Crippen LogP contribution in [0.2, 0.25) is 0 Å². The van der Waals surface area contributed by atoms with Crippen molar-refractivity contribution in [2.75, 3.05) is 6.61 Å². The van der Waals surface area contributed by atoms with Crippen LogP contribution in [0.15, 0.2) is 0 Å². The summed E-state index contributed by atoms with van der Waals surface area (Å²) in [4.78, 5) is 0. The number of aliphatic hydroxyl groups excluding tert-OH is 1. The minimum atomic E-state index is -0.456. The minimum Gasteiger partial charge on any atom is -0.373 e. The van der Waals surface area contributed by atoms with Crippen molar-refractivity contribution >= 4 is 0 Å². The summed E-state index contributed by atoms with van der Waals surface area (Å²) < 4.78 is 7.44. The first kappa shape index (κ1) is 9.30. The van der Waals surface area contributed by atoms with Crippen LogP contribution in [-0.4, -0.2) is 26.5 Å². The standard InChI is InChI=1S/C10H15N3O2/c14-9-5-1-4-8-11-12-10(13(8)9)7-3-2-6-15-7/h7,9,14H,1-6H2. The van der Waals surface area contributed by atoms with Crippen LogP contribution < -0.4 is 0 Å². The number of hydrogen-bond acceptors (Lipinski definition) is 4. The molecule has 3 heterocycles. The fraction of sp³-hybridized carbons (Fsp3) is 0.800. The van der Waals surface area contributed by atoms with Crippen LogP contribution in [0, 0.1) is 0 Å². The molecule has 1 aromatic heterocycles. The summed E-state index contributed by atoms with van der Waals surface area (Å²) in [7, 11) is 0. The van der Waals surface area contributed by atoms with Crippen LogP contribution in [0.4, 0.5) is 0 Å². The van der Waals surface area contributed by atoms with Gasteiger partial charge in [-0.15, -0.1) is 10.2 Å². The largest absolute Gasteiger partial charge is 0.373 e. The maximum absolute atomic E-state index is 9.92. The molecule has 2 unspecified atom stereocenters. The van der Waals surface area contributed by atoms with E-state index in [4.69, 9.17) is 4.74 Å². The van der Waals surface area contributed by atoms with E-state index in [9.17, 15) is 5.11 Å². The predicted octanol–water partition coefficient (Wildman–Crippen LogP) is 0.957. The molecule has 0 radical (unpaired) electrons. The molecule has 0 amide bonds. The van der Waals surface area contributed by atoms with Gasteiger partial charge in [0.05, 0.1) is 0 Å². The first-order valence-electron chi connectivity index (χ1n) is 5.59. The Morgan fingerprint density at radius 3 is 3.00 bits per heavy atom. The lowest BCUT2D eigenvalue weighted by Gasteiger charge is -2.22. The van der Waals surface area contributed by atoms with Crippen LogP contribution >= 0.6 is 0 Å². The van der Waals surface area contributed by atoms with Crippen LogP contribution in [0.5, 0.6) is 0 Å². The van der Waals surface area contributed by atoms with Gasteiger partial charge in [0.2, 0.25) is 0 Å². The molecule has 2 atom stereocenters. The second-order valence-electron chi connectivity index (χ2n) is 4.22. The molecule has 0 aromatic carbocycles. The second kappa shape index (κ2) is 3.57. The summed E-state index contributed by atoms with van der Waals surface area (Å²) in [6.45, 7) is 0.795. The Labute approximate surface area is 88.1 Å². The summed E-state index contributed by atoms with van der Waals surface area (Å²) in [5, 5.41) is 18.2. The van der Waals surface area contributed by atoms with Gasteiger partial charge in [-0.1, -0.05) is 0 Å². The van der Waals surface area contributed by atoms with Gasteiger partial charge < -0.3 is 9.84 Å². The Kier molecular flexibility index (Phi) is 2.21. The summed E-state index contributed by atoms with van der Waals surface area (Å²) in [6, 6.07) is 0. The molecule has 1 fully saturated rings. The molecular weight excluding hydrogens is 194 g/mol. The van der Waals surface area contributed by atoms with Crippen molar-refractivity contribution in [2.24, 2.45) is 0 Å². The van der Waals surface area contributed by atoms with Gasteiger partial charge >= 0.3 is 0 Å². The lowest BCUT2D eigenvalue weighted by Crippen LogP contribution is -2.21. The summed E-state index contributed by atoms with van der Waals surface area (Å²) in [5.74, 6) is 1.72. The van der Waals surface area contributed by atoms with Crippen molar-refractivity contribution in [3.63, 3.8) is 0 Å². The Bertz CT molecular complexity index is 358. The average Bonchev–Trinajstić information content (AvgIpc) is 2.85. The zero-order valence-corrected chi connectivity index (χ0v) is 8.59. The molecule has 0 bridgehead atoms. The highest BCUT2D eigenvalue weighted by molar-refractivity contribution is 5.04. The smallest absolute Gasteiger partial charge is 0.164 e. The Balaban J connectivity index is 1.97. The van der Waals surface area contributed by atoms with Crippen LogP contribution in [0.1, 0.15) is 49.7 Å². The van der Waals surface area contributed by atoms with Gasteiger partial charge in [0.15, 0.2) is 5.82 Å². The molecular formula is C10H15N3O2. The number of aromatic nitrogens is 3. The van der Waals surface area contributed by atoms with E-state index in [-0.39, 0.29) is 6.10 Å². The third kappa shape index (κ3) is 1.46. The SMILES string of the molecule is OC1CCCc2nnc(C3CCCO3)n21. The maximum Gasteiger partial charge on any atom is 0.164 e. The van der Waals surface area contributed by atoms with E-state index in [0.717, 1.165) is 50.4 Å². The summed E-state index contributed by atoms with van der Waals surface area (Å²) >= 11 is 0. The fourth-order valence-electron chi connectivity index (χ4n) is 2.41. The van der Waals surface area contributed by atoms with Crippen molar-refractivity contribution in [1.82, 2.24) is 14.8 Å². The quantitative estimate of drug-likeness (QED) is 0.748.